The van der Waals surface area contributed by atoms with Gasteiger partial charge in [-0.3, -0.25) is 0 Å². The van der Waals surface area contributed by atoms with E-state index in [2.05, 4.69) is 227 Å². The second kappa shape index (κ2) is 22.1. The molecule has 0 atom stereocenters. The van der Waals surface area contributed by atoms with Crippen LogP contribution >= 0.6 is 0 Å². The minimum absolute atomic E-state index is 0.308. The van der Waals surface area contributed by atoms with E-state index in [1.54, 1.807) is 12.1 Å². The highest BCUT2D eigenvalue weighted by Crippen LogP contribution is 2.48. The van der Waals surface area contributed by atoms with Crippen molar-refractivity contribution in [2.45, 2.75) is 0 Å². The number of hydrogen-bond donors (Lipinski definition) is 0. The third kappa shape index (κ3) is 8.46. The topological polar surface area (TPSA) is 106 Å². The fourth-order valence-electron chi connectivity index (χ4n) is 15.3. The summed E-state index contributed by atoms with van der Waals surface area (Å²) < 4.78 is 22.3. The van der Waals surface area contributed by atoms with Gasteiger partial charge in [-0.2, -0.15) is 10.5 Å². The van der Waals surface area contributed by atoms with Gasteiger partial charge >= 0.3 is 0 Å². The third-order valence-electron chi connectivity index (χ3n) is 19.5. The largest absolute Gasteiger partial charge is 0.455 e. The Bertz CT molecular complexity index is 6840. The van der Waals surface area contributed by atoms with Crippen molar-refractivity contribution in [2.24, 2.45) is 0 Å². The fourth-order valence-corrected chi connectivity index (χ4v) is 15.3. The molecular formula is C88H49N9O2. The summed E-state index contributed by atoms with van der Waals surface area (Å²) in [7, 11) is 0. The molecule has 0 radical (unpaired) electrons. The van der Waals surface area contributed by atoms with Gasteiger partial charge in [0.05, 0.1) is 103 Å². The molecule has 0 saturated carbocycles. The van der Waals surface area contributed by atoms with Gasteiger partial charge in [0.1, 0.15) is 22.3 Å². The van der Waals surface area contributed by atoms with Gasteiger partial charge in [-0.1, -0.05) is 152 Å². The zero-order valence-corrected chi connectivity index (χ0v) is 52.6. The van der Waals surface area contributed by atoms with Crippen LogP contribution in [-0.2, 0) is 0 Å². The van der Waals surface area contributed by atoms with Crippen molar-refractivity contribution < 1.29 is 8.83 Å². The van der Waals surface area contributed by atoms with Crippen LogP contribution in [0.4, 0.5) is 28.4 Å². The van der Waals surface area contributed by atoms with E-state index >= 15 is 0 Å². The van der Waals surface area contributed by atoms with Crippen LogP contribution in [0.2, 0.25) is 0 Å². The Balaban J connectivity index is 0.000000143. The van der Waals surface area contributed by atoms with E-state index in [1.807, 2.05) is 103 Å². The Morgan fingerprint density at radius 2 is 0.677 bits per heavy atom. The summed E-state index contributed by atoms with van der Waals surface area (Å²) in [6.45, 7) is 15.8. The summed E-state index contributed by atoms with van der Waals surface area (Å²) in [6.07, 6.45) is 0. The van der Waals surface area contributed by atoms with Crippen molar-refractivity contribution in [1.29, 1.82) is 10.5 Å². The number of benzene rings is 14. The fraction of sp³-hybridized carbons (Fsp3) is 0. The Kier molecular flexibility index (Phi) is 12.6. The second-order valence-electron chi connectivity index (χ2n) is 24.7. The SMILES string of the molecule is [C-]#[N+]c1cc(-n2c3ccc(N(c4ccccc4)c4ccccc4)cc3c3c4oc5ccccc5c4ccc32)ccc1C#N.[C-]#[N+]c1cc(-n2c3ccccc3c3ccccc32)c(-n2c3ccc(-n4c5ccccc5c5ccccc54)cc3c3c4oc5ccccc5c4ccc32)cc1C#N. The molecule has 0 N–H and O–H groups in total. The van der Waals surface area contributed by atoms with Crippen molar-refractivity contribution in [3.05, 3.63) is 331 Å². The van der Waals surface area contributed by atoms with Gasteiger partial charge in [0, 0.05) is 82.3 Å². The van der Waals surface area contributed by atoms with Crippen LogP contribution in [0.3, 0.4) is 0 Å². The monoisotopic (exact) mass is 1260 g/mol. The molecule has 0 fully saturated rings. The van der Waals surface area contributed by atoms with Crippen LogP contribution in [0, 0.1) is 35.8 Å². The van der Waals surface area contributed by atoms with Gasteiger partial charge in [-0.15, -0.1) is 0 Å². The van der Waals surface area contributed by atoms with Crippen LogP contribution < -0.4 is 4.90 Å². The molecule has 458 valence electrons. The average molecular weight is 1260 g/mol. The number of anilines is 3. The summed E-state index contributed by atoms with van der Waals surface area (Å²) in [5, 5.41) is 32.9. The lowest BCUT2D eigenvalue weighted by molar-refractivity contribution is 0.672. The molecule has 0 bridgehead atoms. The van der Waals surface area contributed by atoms with E-state index in [-0.39, 0.29) is 0 Å². The zero-order chi connectivity index (χ0) is 66.0. The Labute approximate surface area is 564 Å². The highest BCUT2D eigenvalue weighted by Gasteiger charge is 2.27. The van der Waals surface area contributed by atoms with Gasteiger partial charge < -0.3 is 32.0 Å². The molecule has 6 aromatic heterocycles. The maximum Gasteiger partial charge on any atom is 0.206 e. The van der Waals surface area contributed by atoms with Crippen LogP contribution in [0.15, 0.2) is 306 Å². The van der Waals surface area contributed by atoms with Gasteiger partial charge in [-0.25, -0.2) is 9.69 Å². The maximum absolute atomic E-state index is 10.5. The zero-order valence-electron chi connectivity index (χ0n) is 52.6. The van der Waals surface area contributed by atoms with Crippen molar-refractivity contribution in [3.63, 3.8) is 0 Å². The van der Waals surface area contributed by atoms with Crippen LogP contribution in [0.25, 0.3) is 164 Å². The summed E-state index contributed by atoms with van der Waals surface area (Å²) >= 11 is 0. The number of hydrogen-bond acceptors (Lipinski definition) is 5. The van der Waals surface area contributed by atoms with E-state index in [0.29, 0.717) is 22.5 Å². The van der Waals surface area contributed by atoms with Crippen LogP contribution in [-0.4, -0.2) is 18.3 Å². The lowest BCUT2D eigenvalue weighted by Crippen LogP contribution is -2.09. The summed E-state index contributed by atoms with van der Waals surface area (Å²) in [5.41, 5.74) is 19.3. The standard InChI is InChI=1S/C50H27N5O.C38H22N4O/c1-52-39-28-47(54-42-19-9-4-14-34(42)35-15-5-10-20-43(35)54)46(26-30(39)29-51)55-44-24-22-31(53-40-17-7-2-12-32(40)33-13-3-8-18-41(33)53)27-38(44)49-45(55)25-23-37-36-16-6-11-21-48(36)56-50(37)49;1-40-33-23-29(17-16-25(33)24-39)42-34-20-18-28(41(26-10-4-2-5-11-26)27-12-6-3-7-13-27)22-32(34)37-35(42)21-19-31-30-14-8-9-15-36(30)43-38(31)37/h2-28H;2-23H. The first kappa shape index (κ1) is 56.2. The second-order valence-corrected chi connectivity index (χ2v) is 24.7. The van der Waals surface area contributed by atoms with Gasteiger partial charge in [0.15, 0.2) is 0 Å². The van der Waals surface area contributed by atoms with Crippen LogP contribution in [0.5, 0.6) is 0 Å². The molecule has 0 saturated heterocycles. The first-order chi connectivity index (χ1) is 49.0. The average Bonchev–Trinajstić information content (AvgIpc) is 1.59. The van der Waals surface area contributed by atoms with Crippen molar-refractivity contribution in [2.75, 3.05) is 4.90 Å². The molecule has 0 aliphatic carbocycles. The molecule has 20 aromatic rings. The molecular weight excluding hydrogens is 1220 g/mol. The number of nitrogens with zero attached hydrogens (tertiary/aromatic N) is 9. The molecule has 99 heavy (non-hydrogen) atoms. The summed E-state index contributed by atoms with van der Waals surface area (Å²) in [5.74, 6) is 0. The molecule has 0 spiro atoms. The lowest BCUT2D eigenvalue weighted by atomic mass is 10.1. The molecule has 11 nitrogen and oxygen atoms in total. The van der Waals surface area contributed by atoms with E-state index in [1.165, 1.54) is 10.8 Å². The first-order valence-electron chi connectivity index (χ1n) is 32.5. The lowest BCUT2D eigenvalue weighted by Gasteiger charge is -2.25. The first-order valence-corrected chi connectivity index (χ1v) is 32.5. The van der Waals surface area contributed by atoms with Crippen LogP contribution in [0.1, 0.15) is 11.1 Å². The van der Waals surface area contributed by atoms with E-state index in [4.69, 9.17) is 22.0 Å². The number of nitriles is 2. The molecule has 0 aliphatic heterocycles. The number of fused-ring (bicyclic) bond motifs is 20. The van der Waals surface area contributed by atoms with Gasteiger partial charge in [-0.05, 0) is 146 Å². The predicted octanol–water partition coefficient (Wildman–Crippen LogP) is 23.9. The molecule has 20 rings (SSSR count). The third-order valence-corrected chi connectivity index (χ3v) is 19.5. The quantitative estimate of drug-likeness (QED) is 0.148. The Morgan fingerprint density at radius 3 is 1.21 bits per heavy atom. The number of rotatable bonds is 7. The highest BCUT2D eigenvalue weighted by molar-refractivity contribution is 6.26. The molecule has 0 unspecified atom stereocenters. The molecule has 11 heteroatoms. The molecule has 0 aliphatic rings. The van der Waals surface area contributed by atoms with Gasteiger partial charge in [0.25, 0.3) is 0 Å². The maximum atomic E-state index is 10.5. The van der Waals surface area contributed by atoms with Gasteiger partial charge in [0.2, 0.25) is 11.4 Å². The van der Waals surface area contributed by atoms with E-state index in [9.17, 15) is 10.5 Å². The predicted molar refractivity (Wildman–Crippen MR) is 401 cm³/mol. The minimum atomic E-state index is 0.308. The summed E-state index contributed by atoms with van der Waals surface area (Å²) in [6, 6.07) is 106. The number of para-hydroxylation sites is 8. The summed E-state index contributed by atoms with van der Waals surface area (Å²) in [4.78, 5) is 9.76. The van der Waals surface area contributed by atoms with E-state index < -0.39 is 0 Å². The smallest absolute Gasteiger partial charge is 0.206 e. The molecule has 6 heterocycles. The Morgan fingerprint density at radius 1 is 0.293 bits per heavy atom. The van der Waals surface area contributed by atoms with Crippen molar-refractivity contribution >= 4 is 160 Å². The van der Waals surface area contributed by atoms with E-state index in [0.717, 1.165) is 160 Å². The Hall–Kier alpha value is -14.4. The number of furan rings is 2. The highest BCUT2D eigenvalue weighted by atomic mass is 16.3. The molecule has 0 amide bonds. The van der Waals surface area contributed by atoms with Crippen molar-refractivity contribution in [3.8, 4) is 34.9 Å². The van der Waals surface area contributed by atoms with Crippen molar-refractivity contribution in [1.82, 2.24) is 18.3 Å². The normalized spacial score (nSPS) is 11.6. The molecule has 14 aromatic carbocycles. The minimum Gasteiger partial charge on any atom is -0.455 e. The number of aromatic nitrogens is 4.